The third kappa shape index (κ3) is 5.40. The molecule has 35 heavy (non-hydrogen) atoms. The molecule has 0 aliphatic carbocycles. The van der Waals surface area contributed by atoms with E-state index in [2.05, 4.69) is 18.0 Å². The van der Waals surface area contributed by atoms with Crippen molar-refractivity contribution < 1.29 is 23.9 Å². The SMILES string of the molecule is CCCCc1ccc2c(c1)sc(=NC(=O)c1ccc(N3C(=O)CCC3=O)cc1)n2CC(=O)OCC. The van der Waals surface area contributed by atoms with Gasteiger partial charge >= 0.3 is 5.97 Å². The normalized spacial score (nSPS) is 14.2. The predicted molar refractivity (Wildman–Crippen MR) is 133 cm³/mol. The molecule has 4 rings (SSSR count). The minimum Gasteiger partial charge on any atom is -0.465 e. The van der Waals surface area contributed by atoms with Gasteiger partial charge in [-0.25, -0.2) is 0 Å². The van der Waals surface area contributed by atoms with Crippen LogP contribution in [0.25, 0.3) is 10.2 Å². The van der Waals surface area contributed by atoms with Crippen molar-refractivity contribution in [3.8, 4) is 0 Å². The first-order valence-corrected chi connectivity index (χ1v) is 12.6. The Bertz CT molecular complexity index is 1340. The highest BCUT2D eigenvalue weighted by Crippen LogP contribution is 2.24. The summed E-state index contributed by atoms with van der Waals surface area (Å²) in [5, 5.41) is 0. The molecular weight excluding hydrogens is 466 g/mol. The average Bonchev–Trinajstić information content (AvgIpc) is 3.36. The second kappa shape index (κ2) is 10.8. The number of ether oxygens (including phenoxy) is 1. The van der Waals surface area contributed by atoms with Gasteiger partial charge in [0.1, 0.15) is 6.54 Å². The fraction of sp³-hybridized carbons (Fsp3) is 0.346. The van der Waals surface area contributed by atoms with E-state index >= 15 is 0 Å². The number of hydrogen-bond donors (Lipinski definition) is 0. The Morgan fingerprint density at radius 2 is 1.74 bits per heavy atom. The van der Waals surface area contributed by atoms with E-state index in [1.54, 1.807) is 35.8 Å². The number of imide groups is 1. The number of benzene rings is 2. The Kier molecular flexibility index (Phi) is 7.55. The predicted octanol–water partition coefficient (Wildman–Crippen LogP) is 4.00. The molecule has 0 saturated carbocycles. The monoisotopic (exact) mass is 493 g/mol. The number of thiazole rings is 1. The zero-order valence-corrected chi connectivity index (χ0v) is 20.6. The number of rotatable bonds is 8. The van der Waals surface area contributed by atoms with Gasteiger partial charge in [0.2, 0.25) is 11.8 Å². The summed E-state index contributed by atoms with van der Waals surface area (Å²) in [4.78, 5) is 55.0. The summed E-state index contributed by atoms with van der Waals surface area (Å²) < 4.78 is 7.77. The summed E-state index contributed by atoms with van der Waals surface area (Å²) in [6.45, 7) is 4.11. The van der Waals surface area contributed by atoms with Crippen molar-refractivity contribution in [1.29, 1.82) is 0 Å². The van der Waals surface area contributed by atoms with Crippen molar-refractivity contribution in [2.75, 3.05) is 11.5 Å². The first-order valence-electron chi connectivity index (χ1n) is 11.7. The summed E-state index contributed by atoms with van der Waals surface area (Å²) in [6.07, 6.45) is 3.53. The molecule has 0 N–H and O–H groups in total. The molecule has 2 heterocycles. The van der Waals surface area contributed by atoms with E-state index < -0.39 is 11.9 Å². The van der Waals surface area contributed by atoms with Crippen LogP contribution < -0.4 is 9.70 Å². The second-order valence-corrected chi connectivity index (χ2v) is 9.28. The van der Waals surface area contributed by atoms with Crippen LogP contribution in [-0.2, 0) is 32.1 Å². The van der Waals surface area contributed by atoms with E-state index in [1.807, 2.05) is 12.1 Å². The van der Waals surface area contributed by atoms with Crippen molar-refractivity contribution in [2.45, 2.75) is 52.5 Å². The molecule has 0 bridgehead atoms. The number of nitrogens with zero attached hydrogens (tertiary/aromatic N) is 3. The second-order valence-electron chi connectivity index (χ2n) is 8.27. The van der Waals surface area contributed by atoms with Crippen LogP contribution in [0.4, 0.5) is 5.69 Å². The van der Waals surface area contributed by atoms with E-state index in [1.165, 1.54) is 16.9 Å². The standard InChI is InChI=1S/C26H27N3O5S/c1-3-5-6-17-7-12-20-21(15-17)35-26(28(20)16-24(32)34-4-2)27-25(33)18-8-10-19(11-9-18)29-22(30)13-14-23(29)31/h7-12,15H,3-6,13-14,16H2,1-2H3. The van der Waals surface area contributed by atoms with E-state index in [0.29, 0.717) is 16.1 Å². The summed E-state index contributed by atoms with van der Waals surface area (Å²) in [6, 6.07) is 12.3. The Morgan fingerprint density at radius 3 is 2.40 bits per heavy atom. The van der Waals surface area contributed by atoms with Gasteiger partial charge in [-0.1, -0.05) is 30.7 Å². The number of aromatic nitrogens is 1. The number of esters is 1. The highest BCUT2D eigenvalue weighted by Gasteiger charge is 2.30. The van der Waals surface area contributed by atoms with Crippen LogP contribution in [-0.4, -0.2) is 34.9 Å². The van der Waals surface area contributed by atoms with Gasteiger partial charge in [0.15, 0.2) is 4.80 Å². The maximum Gasteiger partial charge on any atom is 0.326 e. The number of unbranched alkanes of at least 4 members (excludes halogenated alkanes) is 1. The summed E-state index contributed by atoms with van der Waals surface area (Å²) in [7, 11) is 0. The summed E-state index contributed by atoms with van der Waals surface area (Å²) in [5.74, 6) is -1.38. The molecule has 0 radical (unpaired) electrons. The van der Waals surface area contributed by atoms with Crippen molar-refractivity contribution >= 4 is 50.9 Å². The quantitative estimate of drug-likeness (QED) is 0.349. The topological polar surface area (TPSA) is 98.0 Å². The van der Waals surface area contributed by atoms with E-state index in [4.69, 9.17) is 4.74 Å². The number of carbonyl (C=O) groups excluding carboxylic acids is 4. The molecular formula is C26H27N3O5S. The zero-order chi connectivity index (χ0) is 24.9. The van der Waals surface area contributed by atoms with Gasteiger partial charge in [-0.3, -0.25) is 24.1 Å². The van der Waals surface area contributed by atoms with Gasteiger partial charge in [0.25, 0.3) is 5.91 Å². The number of amides is 3. The molecule has 8 nitrogen and oxygen atoms in total. The van der Waals surface area contributed by atoms with Crippen molar-refractivity contribution in [3.63, 3.8) is 0 Å². The molecule has 182 valence electrons. The summed E-state index contributed by atoms with van der Waals surface area (Å²) in [5.41, 5.74) is 2.77. The number of aryl methyl sites for hydroxylation is 1. The molecule has 3 amide bonds. The van der Waals surface area contributed by atoms with Crippen LogP contribution in [0.2, 0.25) is 0 Å². The van der Waals surface area contributed by atoms with Crippen LogP contribution >= 0.6 is 11.3 Å². The van der Waals surface area contributed by atoms with Crippen LogP contribution in [0.1, 0.15) is 55.5 Å². The molecule has 1 aliphatic rings. The lowest BCUT2D eigenvalue weighted by molar-refractivity contribution is -0.143. The van der Waals surface area contributed by atoms with E-state index in [-0.39, 0.29) is 37.8 Å². The number of anilines is 1. The number of carbonyl (C=O) groups is 4. The Labute approximate surface area is 206 Å². The van der Waals surface area contributed by atoms with Gasteiger partial charge in [-0.05, 0) is 61.7 Å². The molecule has 3 aromatic rings. The van der Waals surface area contributed by atoms with Gasteiger partial charge < -0.3 is 9.30 Å². The Morgan fingerprint density at radius 1 is 1.03 bits per heavy atom. The molecule has 2 aromatic carbocycles. The molecule has 1 aliphatic heterocycles. The molecule has 9 heteroatoms. The number of fused-ring (bicyclic) bond motifs is 1. The van der Waals surface area contributed by atoms with Crippen LogP contribution in [0, 0.1) is 0 Å². The molecule has 0 atom stereocenters. The lowest BCUT2D eigenvalue weighted by Gasteiger charge is -2.13. The van der Waals surface area contributed by atoms with Crippen molar-refractivity contribution in [2.24, 2.45) is 4.99 Å². The van der Waals surface area contributed by atoms with E-state index in [0.717, 1.165) is 34.4 Å². The largest absolute Gasteiger partial charge is 0.465 e. The minimum atomic E-state index is -0.481. The third-order valence-electron chi connectivity index (χ3n) is 5.78. The fourth-order valence-corrected chi connectivity index (χ4v) is 5.09. The molecule has 0 spiro atoms. The highest BCUT2D eigenvalue weighted by molar-refractivity contribution is 7.16. The number of hydrogen-bond acceptors (Lipinski definition) is 6. The van der Waals surface area contributed by atoms with Gasteiger partial charge in [-0.2, -0.15) is 4.99 Å². The van der Waals surface area contributed by atoms with Crippen molar-refractivity contribution in [1.82, 2.24) is 4.57 Å². The minimum absolute atomic E-state index is 0.0492. The molecule has 1 aromatic heterocycles. The Hall–Kier alpha value is -3.59. The lowest BCUT2D eigenvalue weighted by Crippen LogP contribution is -2.28. The zero-order valence-electron chi connectivity index (χ0n) is 19.8. The molecule has 1 saturated heterocycles. The smallest absolute Gasteiger partial charge is 0.326 e. The van der Waals surface area contributed by atoms with Gasteiger partial charge in [0.05, 0.1) is 22.5 Å². The third-order valence-corrected chi connectivity index (χ3v) is 6.82. The van der Waals surface area contributed by atoms with Crippen molar-refractivity contribution in [3.05, 3.63) is 58.4 Å². The van der Waals surface area contributed by atoms with Gasteiger partial charge in [0, 0.05) is 18.4 Å². The first kappa shape index (κ1) is 24.5. The van der Waals surface area contributed by atoms with Crippen LogP contribution in [0.5, 0.6) is 0 Å². The van der Waals surface area contributed by atoms with Crippen LogP contribution in [0.3, 0.4) is 0 Å². The Balaban J connectivity index is 1.68. The van der Waals surface area contributed by atoms with Gasteiger partial charge in [-0.15, -0.1) is 0 Å². The first-order chi connectivity index (χ1) is 16.9. The summed E-state index contributed by atoms with van der Waals surface area (Å²) >= 11 is 1.35. The molecule has 0 unspecified atom stereocenters. The molecule has 1 fully saturated rings. The fourth-order valence-electron chi connectivity index (χ4n) is 4.00. The van der Waals surface area contributed by atoms with E-state index in [9.17, 15) is 19.2 Å². The maximum absolute atomic E-state index is 13.0. The van der Waals surface area contributed by atoms with Crippen LogP contribution in [0.15, 0.2) is 47.5 Å². The lowest BCUT2D eigenvalue weighted by atomic mass is 10.1. The average molecular weight is 494 g/mol. The maximum atomic E-state index is 13.0. The highest BCUT2D eigenvalue weighted by atomic mass is 32.1.